The molecule has 0 aliphatic carbocycles. The van der Waals surface area contributed by atoms with E-state index in [1.54, 1.807) is 0 Å². The Morgan fingerprint density at radius 2 is 1.75 bits per heavy atom. The highest BCUT2D eigenvalue weighted by molar-refractivity contribution is 9.10. The molecule has 0 atom stereocenters. The van der Waals surface area contributed by atoms with Crippen molar-refractivity contribution in [2.75, 3.05) is 0 Å². The van der Waals surface area contributed by atoms with E-state index in [9.17, 15) is 13.2 Å². The van der Waals surface area contributed by atoms with E-state index in [2.05, 4.69) is 20.9 Å². The molecule has 0 amide bonds. The van der Waals surface area contributed by atoms with Crippen molar-refractivity contribution >= 4 is 15.9 Å². The predicted octanol–water partition coefficient (Wildman–Crippen LogP) is 3.93. The molecule has 1 heterocycles. The molecule has 1 nitrogen and oxygen atoms in total. The van der Waals surface area contributed by atoms with Gasteiger partial charge >= 0.3 is 0 Å². The van der Waals surface area contributed by atoms with Crippen LogP contribution in [0.3, 0.4) is 0 Å². The zero-order valence-corrected chi connectivity index (χ0v) is 9.43. The van der Waals surface area contributed by atoms with Crippen molar-refractivity contribution in [2.24, 2.45) is 0 Å². The van der Waals surface area contributed by atoms with Gasteiger partial charge in [-0.2, -0.15) is 0 Å². The number of halogens is 4. The summed E-state index contributed by atoms with van der Waals surface area (Å²) in [6.45, 7) is 0. The van der Waals surface area contributed by atoms with E-state index >= 15 is 0 Å². The predicted molar refractivity (Wildman–Crippen MR) is 57.2 cm³/mol. The minimum absolute atomic E-state index is 0.00752. The Morgan fingerprint density at radius 3 is 2.44 bits per heavy atom. The highest BCUT2D eigenvalue weighted by atomic mass is 79.9. The van der Waals surface area contributed by atoms with Gasteiger partial charge in [0.1, 0.15) is 17.3 Å². The zero-order chi connectivity index (χ0) is 11.7. The molecule has 0 N–H and O–H groups in total. The van der Waals surface area contributed by atoms with Crippen LogP contribution in [0, 0.1) is 17.5 Å². The number of nitrogens with zero attached hydrogens (tertiary/aromatic N) is 1. The topological polar surface area (TPSA) is 12.9 Å². The van der Waals surface area contributed by atoms with Gasteiger partial charge in [0, 0.05) is 16.1 Å². The van der Waals surface area contributed by atoms with E-state index in [1.807, 2.05) is 0 Å². The van der Waals surface area contributed by atoms with Crippen molar-refractivity contribution in [3.05, 3.63) is 52.4 Å². The quantitative estimate of drug-likeness (QED) is 0.774. The van der Waals surface area contributed by atoms with Gasteiger partial charge in [-0.15, -0.1) is 0 Å². The molecule has 1 aromatic carbocycles. The molecule has 0 radical (unpaired) electrons. The van der Waals surface area contributed by atoms with Crippen LogP contribution in [0.1, 0.15) is 0 Å². The summed E-state index contributed by atoms with van der Waals surface area (Å²) in [5.41, 5.74) is -0.216. The molecular weight excluding hydrogens is 283 g/mol. The van der Waals surface area contributed by atoms with Crippen LogP contribution in [0.15, 0.2) is 34.9 Å². The minimum atomic E-state index is -0.892. The summed E-state index contributed by atoms with van der Waals surface area (Å²) in [6.07, 6.45) is 0.846. The Hall–Kier alpha value is -1.36. The van der Waals surface area contributed by atoms with Gasteiger partial charge < -0.3 is 0 Å². The summed E-state index contributed by atoms with van der Waals surface area (Å²) in [7, 11) is 0. The smallest absolute Gasteiger partial charge is 0.152 e. The molecule has 2 aromatic rings. The van der Waals surface area contributed by atoms with Crippen LogP contribution in [-0.2, 0) is 0 Å². The lowest BCUT2D eigenvalue weighted by atomic mass is 10.1. The SMILES string of the molecule is Fc1cnc(-c2cc(Br)ccc2F)c(F)c1. The van der Waals surface area contributed by atoms with Crippen molar-refractivity contribution in [1.82, 2.24) is 4.98 Å². The molecule has 82 valence electrons. The summed E-state index contributed by atoms with van der Waals surface area (Å²) in [5, 5.41) is 0. The van der Waals surface area contributed by atoms with Crippen molar-refractivity contribution in [2.45, 2.75) is 0 Å². The van der Waals surface area contributed by atoms with Crippen LogP contribution in [0.5, 0.6) is 0 Å². The molecule has 0 fully saturated rings. The van der Waals surface area contributed by atoms with Gasteiger partial charge in [0.2, 0.25) is 0 Å². The summed E-state index contributed by atoms with van der Waals surface area (Å²) in [4.78, 5) is 3.54. The average molecular weight is 288 g/mol. The molecule has 5 heteroatoms. The fraction of sp³-hybridized carbons (Fsp3) is 0. The summed E-state index contributed by atoms with van der Waals surface area (Å²) >= 11 is 3.14. The molecule has 1 aromatic heterocycles. The third kappa shape index (κ3) is 2.09. The number of hydrogen-bond acceptors (Lipinski definition) is 1. The molecule has 0 saturated carbocycles. The molecule has 0 saturated heterocycles. The van der Waals surface area contributed by atoms with Crippen LogP contribution in [0.25, 0.3) is 11.3 Å². The van der Waals surface area contributed by atoms with Crippen molar-refractivity contribution in [3.8, 4) is 11.3 Å². The third-order valence-corrected chi connectivity index (χ3v) is 2.48. The fourth-order valence-electron chi connectivity index (χ4n) is 1.29. The van der Waals surface area contributed by atoms with Crippen LogP contribution in [-0.4, -0.2) is 4.98 Å². The molecule has 0 unspecified atom stereocenters. The first-order valence-electron chi connectivity index (χ1n) is 4.34. The number of pyridine rings is 1. The standard InChI is InChI=1S/C11H5BrF3N/c12-6-1-2-9(14)8(3-6)11-10(15)4-7(13)5-16-11/h1-5H. The van der Waals surface area contributed by atoms with Crippen LogP contribution in [0.4, 0.5) is 13.2 Å². The van der Waals surface area contributed by atoms with Crippen molar-refractivity contribution < 1.29 is 13.2 Å². The Kier molecular flexibility index (Phi) is 2.96. The monoisotopic (exact) mass is 287 g/mol. The van der Waals surface area contributed by atoms with Gasteiger partial charge in [-0.25, -0.2) is 13.2 Å². The maximum Gasteiger partial charge on any atom is 0.152 e. The highest BCUT2D eigenvalue weighted by Gasteiger charge is 2.12. The summed E-state index contributed by atoms with van der Waals surface area (Å²) in [5.74, 6) is -2.30. The second-order valence-corrected chi connectivity index (χ2v) is 4.02. The first-order valence-corrected chi connectivity index (χ1v) is 5.13. The first-order chi connectivity index (χ1) is 7.58. The number of aromatic nitrogens is 1. The van der Waals surface area contributed by atoms with Gasteiger partial charge in [0.15, 0.2) is 5.82 Å². The van der Waals surface area contributed by atoms with E-state index in [-0.39, 0.29) is 11.3 Å². The lowest BCUT2D eigenvalue weighted by Gasteiger charge is -2.04. The molecule has 0 aliphatic heterocycles. The zero-order valence-electron chi connectivity index (χ0n) is 7.85. The lowest BCUT2D eigenvalue weighted by Crippen LogP contribution is -1.93. The molecule has 0 spiro atoms. The fourth-order valence-corrected chi connectivity index (χ4v) is 1.65. The molecule has 0 bridgehead atoms. The highest BCUT2D eigenvalue weighted by Crippen LogP contribution is 2.26. The number of rotatable bonds is 1. The Balaban J connectivity index is 2.62. The van der Waals surface area contributed by atoms with E-state index in [1.165, 1.54) is 18.2 Å². The average Bonchev–Trinajstić information content (AvgIpc) is 2.22. The van der Waals surface area contributed by atoms with Gasteiger partial charge in [-0.05, 0) is 18.2 Å². The number of hydrogen-bond donors (Lipinski definition) is 0. The van der Waals surface area contributed by atoms with E-state index < -0.39 is 17.5 Å². The molecule has 2 rings (SSSR count). The van der Waals surface area contributed by atoms with Gasteiger partial charge in [-0.3, -0.25) is 4.98 Å². The molecule has 0 aliphatic rings. The summed E-state index contributed by atoms with van der Waals surface area (Å²) < 4.78 is 40.0. The van der Waals surface area contributed by atoms with Gasteiger partial charge in [0.05, 0.1) is 6.20 Å². The van der Waals surface area contributed by atoms with Gasteiger partial charge in [0.25, 0.3) is 0 Å². The number of benzene rings is 1. The third-order valence-electron chi connectivity index (χ3n) is 1.99. The molecule has 16 heavy (non-hydrogen) atoms. The van der Waals surface area contributed by atoms with Crippen molar-refractivity contribution in [1.29, 1.82) is 0 Å². The minimum Gasteiger partial charge on any atom is -0.250 e. The molecular formula is C11H5BrF3N. The van der Waals surface area contributed by atoms with Crippen molar-refractivity contribution in [3.63, 3.8) is 0 Å². The van der Waals surface area contributed by atoms with Crippen LogP contribution < -0.4 is 0 Å². The Bertz CT molecular complexity index is 543. The van der Waals surface area contributed by atoms with Crippen LogP contribution in [0.2, 0.25) is 0 Å². The van der Waals surface area contributed by atoms with E-state index in [4.69, 9.17) is 0 Å². The van der Waals surface area contributed by atoms with E-state index in [0.29, 0.717) is 10.5 Å². The maximum atomic E-state index is 13.4. The largest absolute Gasteiger partial charge is 0.250 e. The second kappa shape index (κ2) is 4.25. The lowest BCUT2D eigenvalue weighted by molar-refractivity contribution is 0.573. The van der Waals surface area contributed by atoms with Gasteiger partial charge in [-0.1, -0.05) is 15.9 Å². The summed E-state index contributed by atoms with van der Waals surface area (Å²) in [6, 6.07) is 4.73. The Morgan fingerprint density at radius 1 is 1.00 bits per heavy atom. The normalized spacial score (nSPS) is 10.5. The first kappa shape index (κ1) is 11.1. The Labute approximate surface area is 98.1 Å². The van der Waals surface area contributed by atoms with Crippen LogP contribution >= 0.6 is 15.9 Å². The second-order valence-electron chi connectivity index (χ2n) is 3.11. The maximum absolute atomic E-state index is 13.4. The van der Waals surface area contributed by atoms with E-state index in [0.717, 1.165) is 6.20 Å².